The highest BCUT2D eigenvalue weighted by Gasteiger charge is 2.26. The predicted octanol–water partition coefficient (Wildman–Crippen LogP) is 1.53. The molecule has 0 aromatic heterocycles. The van der Waals surface area contributed by atoms with Crippen LogP contribution in [0.25, 0.3) is 0 Å². The maximum atomic E-state index is 12.3. The van der Waals surface area contributed by atoms with Crippen LogP contribution >= 0.6 is 0 Å². The monoisotopic (exact) mass is 309 g/mol. The van der Waals surface area contributed by atoms with Gasteiger partial charge < -0.3 is 15.5 Å². The van der Waals surface area contributed by atoms with Crippen molar-refractivity contribution in [2.75, 3.05) is 26.7 Å². The number of carbonyl (C=O) groups excluding carboxylic acids is 2. The molecule has 126 valence electrons. The zero-order valence-electron chi connectivity index (χ0n) is 14.1. The van der Waals surface area contributed by atoms with E-state index in [-0.39, 0.29) is 23.8 Å². The Morgan fingerprint density at radius 3 is 2.36 bits per heavy atom. The highest BCUT2D eigenvalue weighted by molar-refractivity contribution is 5.81. The van der Waals surface area contributed by atoms with E-state index < -0.39 is 0 Å². The van der Waals surface area contributed by atoms with Crippen molar-refractivity contribution in [3.05, 3.63) is 0 Å². The van der Waals surface area contributed by atoms with Gasteiger partial charge in [-0.1, -0.05) is 12.8 Å². The third kappa shape index (κ3) is 4.97. The van der Waals surface area contributed by atoms with E-state index in [9.17, 15) is 9.59 Å². The van der Waals surface area contributed by atoms with Crippen LogP contribution in [0.2, 0.25) is 0 Å². The Morgan fingerprint density at radius 1 is 1.14 bits per heavy atom. The van der Waals surface area contributed by atoms with Gasteiger partial charge in [-0.15, -0.1) is 0 Å². The molecule has 1 atom stereocenters. The van der Waals surface area contributed by atoms with Gasteiger partial charge in [-0.25, -0.2) is 0 Å². The number of piperidine rings is 1. The molecule has 5 nitrogen and oxygen atoms in total. The van der Waals surface area contributed by atoms with Crippen molar-refractivity contribution in [3.8, 4) is 0 Å². The third-order valence-corrected chi connectivity index (χ3v) is 5.06. The number of rotatable bonds is 6. The quantitative estimate of drug-likeness (QED) is 0.782. The summed E-state index contributed by atoms with van der Waals surface area (Å²) in [5.41, 5.74) is 0. The van der Waals surface area contributed by atoms with Gasteiger partial charge in [0.2, 0.25) is 11.8 Å². The van der Waals surface area contributed by atoms with Crippen LogP contribution in [0, 0.1) is 11.8 Å². The first kappa shape index (κ1) is 17.3. The number of hydrogen-bond acceptors (Lipinski definition) is 3. The van der Waals surface area contributed by atoms with Crippen molar-refractivity contribution in [2.45, 2.75) is 57.9 Å². The van der Waals surface area contributed by atoms with Crippen molar-refractivity contribution in [1.29, 1.82) is 0 Å². The average molecular weight is 309 g/mol. The van der Waals surface area contributed by atoms with E-state index in [4.69, 9.17) is 0 Å². The lowest BCUT2D eigenvalue weighted by Crippen LogP contribution is -2.44. The predicted molar refractivity (Wildman–Crippen MR) is 87.4 cm³/mol. The molecule has 2 aliphatic rings. The number of hydrogen-bond donors (Lipinski definition) is 2. The van der Waals surface area contributed by atoms with E-state index in [1.807, 2.05) is 18.9 Å². The Labute approximate surface area is 134 Å². The highest BCUT2D eigenvalue weighted by atomic mass is 16.2. The lowest BCUT2D eigenvalue weighted by molar-refractivity contribution is -0.133. The second-order valence-corrected chi connectivity index (χ2v) is 6.98. The summed E-state index contributed by atoms with van der Waals surface area (Å²) < 4.78 is 0. The minimum absolute atomic E-state index is 0.0596. The van der Waals surface area contributed by atoms with Gasteiger partial charge in [0.05, 0.1) is 0 Å². The largest absolute Gasteiger partial charge is 0.353 e. The standard InChI is InChI=1S/C17H31N3O2/c1-13(19-17(22)15-5-3-4-6-15)11-16(21)20-9-7-14(8-10-20)12-18-2/h13-15,18H,3-12H2,1-2H3,(H,19,22). The molecule has 22 heavy (non-hydrogen) atoms. The summed E-state index contributed by atoms with van der Waals surface area (Å²) in [6, 6.07) is -0.0596. The molecule has 1 aliphatic carbocycles. The average Bonchev–Trinajstić information content (AvgIpc) is 3.02. The molecular weight excluding hydrogens is 278 g/mol. The van der Waals surface area contributed by atoms with Gasteiger partial charge in [0.1, 0.15) is 0 Å². The maximum Gasteiger partial charge on any atom is 0.224 e. The SMILES string of the molecule is CNCC1CCN(C(=O)CC(C)NC(=O)C2CCCC2)CC1. The molecule has 0 radical (unpaired) electrons. The van der Waals surface area contributed by atoms with Crippen LogP contribution in [0.3, 0.4) is 0 Å². The summed E-state index contributed by atoms with van der Waals surface area (Å²) in [6.07, 6.45) is 6.91. The van der Waals surface area contributed by atoms with Gasteiger partial charge in [0.15, 0.2) is 0 Å². The van der Waals surface area contributed by atoms with Gasteiger partial charge in [-0.3, -0.25) is 9.59 Å². The summed E-state index contributed by atoms with van der Waals surface area (Å²) >= 11 is 0. The van der Waals surface area contributed by atoms with Gasteiger partial charge in [0.25, 0.3) is 0 Å². The second kappa shape index (κ2) is 8.51. The Balaban J connectivity index is 1.69. The first-order valence-corrected chi connectivity index (χ1v) is 8.83. The van der Waals surface area contributed by atoms with E-state index in [1.54, 1.807) is 0 Å². The summed E-state index contributed by atoms with van der Waals surface area (Å²) in [4.78, 5) is 26.4. The van der Waals surface area contributed by atoms with Crippen LogP contribution < -0.4 is 10.6 Å². The van der Waals surface area contributed by atoms with Crippen molar-refractivity contribution in [1.82, 2.24) is 15.5 Å². The molecule has 2 N–H and O–H groups in total. The Morgan fingerprint density at radius 2 is 1.77 bits per heavy atom. The number of likely N-dealkylation sites (tertiary alicyclic amines) is 1. The summed E-state index contributed by atoms with van der Waals surface area (Å²) in [7, 11) is 1.98. The molecule has 1 aliphatic heterocycles. The number of nitrogens with one attached hydrogen (secondary N) is 2. The van der Waals surface area contributed by atoms with Gasteiger partial charge in [-0.05, 0) is 52.1 Å². The minimum atomic E-state index is -0.0596. The number of carbonyl (C=O) groups is 2. The molecule has 1 saturated carbocycles. The first-order valence-electron chi connectivity index (χ1n) is 8.83. The van der Waals surface area contributed by atoms with Crippen LogP contribution in [0.4, 0.5) is 0 Å². The summed E-state index contributed by atoms with van der Waals surface area (Å²) in [5, 5.41) is 6.24. The van der Waals surface area contributed by atoms with Crippen molar-refractivity contribution in [2.24, 2.45) is 11.8 Å². The maximum absolute atomic E-state index is 12.3. The van der Waals surface area contributed by atoms with E-state index in [2.05, 4.69) is 10.6 Å². The van der Waals surface area contributed by atoms with Crippen molar-refractivity contribution >= 4 is 11.8 Å². The minimum Gasteiger partial charge on any atom is -0.353 e. The lowest BCUT2D eigenvalue weighted by Gasteiger charge is -2.32. The van der Waals surface area contributed by atoms with Crippen LogP contribution in [0.5, 0.6) is 0 Å². The zero-order chi connectivity index (χ0) is 15.9. The third-order valence-electron chi connectivity index (χ3n) is 5.06. The number of nitrogens with zero attached hydrogens (tertiary/aromatic N) is 1. The smallest absolute Gasteiger partial charge is 0.224 e. The molecule has 2 amide bonds. The van der Waals surface area contributed by atoms with Crippen molar-refractivity contribution in [3.63, 3.8) is 0 Å². The molecule has 5 heteroatoms. The molecule has 2 fully saturated rings. The van der Waals surface area contributed by atoms with Crippen LogP contribution in [0.15, 0.2) is 0 Å². The van der Waals surface area contributed by atoms with E-state index in [0.29, 0.717) is 12.3 Å². The van der Waals surface area contributed by atoms with Gasteiger partial charge >= 0.3 is 0 Å². The molecule has 0 aromatic carbocycles. The van der Waals surface area contributed by atoms with E-state index in [0.717, 1.165) is 58.2 Å². The molecule has 2 rings (SSSR count). The fourth-order valence-corrected chi connectivity index (χ4v) is 3.67. The Kier molecular flexibility index (Phi) is 6.68. The van der Waals surface area contributed by atoms with Crippen LogP contribution in [-0.2, 0) is 9.59 Å². The normalized spacial score (nSPS) is 21.8. The van der Waals surface area contributed by atoms with Gasteiger partial charge in [0, 0.05) is 31.5 Å². The molecular formula is C17H31N3O2. The number of amides is 2. The molecule has 0 aromatic rings. The molecule has 1 saturated heterocycles. The topological polar surface area (TPSA) is 61.4 Å². The van der Waals surface area contributed by atoms with Crippen molar-refractivity contribution < 1.29 is 9.59 Å². The summed E-state index contributed by atoms with van der Waals surface area (Å²) in [6.45, 7) is 4.69. The molecule has 0 bridgehead atoms. The van der Waals surface area contributed by atoms with Gasteiger partial charge in [-0.2, -0.15) is 0 Å². The first-order chi connectivity index (χ1) is 10.6. The zero-order valence-corrected chi connectivity index (χ0v) is 14.1. The van der Waals surface area contributed by atoms with Crippen LogP contribution in [-0.4, -0.2) is 49.4 Å². The Hall–Kier alpha value is -1.10. The van der Waals surface area contributed by atoms with Crippen LogP contribution in [0.1, 0.15) is 51.9 Å². The highest BCUT2D eigenvalue weighted by Crippen LogP contribution is 2.25. The lowest BCUT2D eigenvalue weighted by atomic mass is 9.96. The second-order valence-electron chi connectivity index (χ2n) is 6.98. The Bertz CT molecular complexity index is 372. The van der Waals surface area contributed by atoms with E-state index in [1.165, 1.54) is 0 Å². The molecule has 0 spiro atoms. The molecule has 1 heterocycles. The molecule has 1 unspecified atom stereocenters. The van der Waals surface area contributed by atoms with E-state index >= 15 is 0 Å². The fraction of sp³-hybridized carbons (Fsp3) is 0.882. The summed E-state index contributed by atoms with van der Waals surface area (Å²) in [5.74, 6) is 1.19. The fourth-order valence-electron chi connectivity index (χ4n) is 3.67.